The van der Waals surface area contributed by atoms with Crippen LogP contribution in [-0.2, 0) is 16.4 Å². The van der Waals surface area contributed by atoms with Gasteiger partial charge in [-0.3, -0.25) is 19.2 Å². The number of piperidine rings is 1. The van der Waals surface area contributed by atoms with Crippen LogP contribution in [0.1, 0.15) is 30.9 Å². The normalized spacial score (nSPS) is 16.6. The molecule has 0 saturated carbocycles. The van der Waals surface area contributed by atoms with Gasteiger partial charge < -0.3 is 25.2 Å². The number of rotatable bonds is 11. The Balaban J connectivity index is 1.28. The summed E-state index contributed by atoms with van der Waals surface area (Å²) in [5.41, 5.74) is -2.51. The van der Waals surface area contributed by atoms with Crippen molar-refractivity contribution in [2.75, 3.05) is 80.3 Å². The van der Waals surface area contributed by atoms with Crippen LogP contribution in [0, 0.1) is 0 Å². The number of anilines is 6. The highest BCUT2D eigenvalue weighted by molar-refractivity contribution is 7.93. The van der Waals surface area contributed by atoms with E-state index in [1.54, 1.807) is 7.11 Å². The van der Waals surface area contributed by atoms with E-state index in [-0.39, 0.29) is 38.5 Å². The third-order valence-electron chi connectivity index (χ3n) is 9.76. The van der Waals surface area contributed by atoms with E-state index < -0.39 is 15.5 Å². The molecule has 2 aliphatic heterocycles. The molecule has 2 aromatic heterocycles. The average Bonchev–Trinajstić information content (AvgIpc) is 3.14. The monoisotopic (exact) mass is 740 g/mol. The molecular formula is C35H43F3N10O3S. The van der Waals surface area contributed by atoms with Gasteiger partial charge in [0.1, 0.15) is 22.8 Å². The molecule has 2 N–H and O–H groups in total. The lowest BCUT2D eigenvalue weighted by Crippen LogP contribution is -2.52. The van der Waals surface area contributed by atoms with E-state index in [0.717, 1.165) is 76.8 Å². The predicted octanol–water partition coefficient (Wildman–Crippen LogP) is 5.62. The van der Waals surface area contributed by atoms with Crippen LogP contribution in [0.15, 0.2) is 49.4 Å². The van der Waals surface area contributed by atoms with Gasteiger partial charge in [0.15, 0.2) is 0 Å². The molecule has 2 aromatic carbocycles. The highest BCUT2D eigenvalue weighted by Gasteiger charge is 2.50. The number of aromatic nitrogens is 4. The van der Waals surface area contributed by atoms with Crippen molar-refractivity contribution in [1.29, 1.82) is 0 Å². The number of fused-ring (bicyclic) bond motifs is 1. The van der Waals surface area contributed by atoms with Gasteiger partial charge in [0.25, 0.3) is 0 Å². The van der Waals surface area contributed by atoms with Crippen molar-refractivity contribution < 1.29 is 26.3 Å². The molecule has 2 fully saturated rings. The molecule has 0 amide bonds. The lowest BCUT2D eigenvalue weighted by molar-refractivity contribution is -0.0436. The fraction of sp³-hybridized carbons (Fsp3) is 0.429. The van der Waals surface area contributed by atoms with Crippen molar-refractivity contribution in [2.45, 2.75) is 37.7 Å². The molecule has 2 aliphatic rings. The molecule has 2 saturated heterocycles. The number of alkyl halides is 3. The third-order valence-corrected chi connectivity index (χ3v) is 11.2. The molecule has 0 radical (unpaired) electrons. The number of halogens is 3. The first-order valence-electron chi connectivity index (χ1n) is 17.1. The van der Waals surface area contributed by atoms with Crippen molar-refractivity contribution >= 4 is 61.6 Å². The van der Waals surface area contributed by atoms with Crippen molar-refractivity contribution in [1.82, 2.24) is 29.7 Å². The first-order valence-corrected chi connectivity index (χ1v) is 18.5. The van der Waals surface area contributed by atoms with Gasteiger partial charge >= 0.3 is 15.5 Å². The minimum atomic E-state index is -5.80. The molecule has 0 bridgehead atoms. The van der Waals surface area contributed by atoms with E-state index in [2.05, 4.69) is 65.8 Å². The minimum absolute atomic E-state index is 0.0114. The summed E-state index contributed by atoms with van der Waals surface area (Å²) in [5, 5.41) is 6.24. The summed E-state index contributed by atoms with van der Waals surface area (Å²) in [6.07, 6.45) is 8.56. The Morgan fingerprint density at radius 2 is 1.73 bits per heavy atom. The van der Waals surface area contributed by atoms with E-state index >= 15 is 0 Å². The van der Waals surface area contributed by atoms with Crippen LogP contribution < -0.4 is 24.6 Å². The largest absolute Gasteiger partial charge is 0.516 e. The Morgan fingerprint density at radius 3 is 2.38 bits per heavy atom. The molecule has 0 unspecified atom stereocenters. The van der Waals surface area contributed by atoms with Gasteiger partial charge in [0.2, 0.25) is 5.95 Å². The number of likely N-dealkylation sites (N-methyl/N-ethyl adjacent to an activating group) is 1. The van der Waals surface area contributed by atoms with E-state index in [1.165, 1.54) is 36.8 Å². The fourth-order valence-electron chi connectivity index (χ4n) is 6.78. The van der Waals surface area contributed by atoms with Crippen LogP contribution in [0.3, 0.4) is 0 Å². The Hall–Kier alpha value is -4.74. The highest BCUT2D eigenvalue weighted by Crippen LogP contribution is 2.40. The second-order valence-electron chi connectivity index (χ2n) is 12.8. The molecule has 17 heteroatoms. The van der Waals surface area contributed by atoms with Crippen molar-refractivity contribution in [3.05, 3.63) is 60.6 Å². The SMILES string of the molecule is C=Cc1cnc(Nc2cc(CC)c(N3CCC(N4CCN(C)CC4)CC3)cc2OC)nc1Nc1ccc2nccnc2c1N(C)S(=O)(=O)C(F)(F)F. The number of nitrogens with one attached hydrogen (secondary N) is 2. The number of aryl methyl sites for hydroxylation is 1. The van der Waals surface area contributed by atoms with Crippen LogP contribution in [-0.4, -0.2) is 110 Å². The summed E-state index contributed by atoms with van der Waals surface area (Å²) < 4.78 is 72.2. The van der Waals surface area contributed by atoms with Crippen LogP contribution in [0.5, 0.6) is 5.75 Å². The van der Waals surface area contributed by atoms with Crippen LogP contribution >= 0.6 is 0 Å². The summed E-state index contributed by atoms with van der Waals surface area (Å²) in [6.45, 7) is 12.2. The van der Waals surface area contributed by atoms with Gasteiger partial charge in [-0.25, -0.2) is 4.98 Å². The van der Waals surface area contributed by atoms with Crippen LogP contribution in [0.2, 0.25) is 0 Å². The van der Waals surface area contributed by atoms with Gasteiger partial charge in [-0.15, -0.1) is 0 Å². The first kappa shape index (κ1) is 37.0. The molecule has 0 atom stereocenters. The van der Waals surface area contributed by atoms with E-state index in [9.17, 15) is 21.6 Å². The molecule has 52 heavy (non-hydrogen) atoms. The number of methoxy groups -OCH3 is 1. The number of piperazine rings is 1. The van der Waals surface area contributed by atoms with Gasteiger partial charge in [0, 0.05) is 88.3 Å². The molecule has 0 aliphatic carbocycles. The Kier molecular flexibility index (Phi) is 10.7. The summed E-state index contributed by atoms with van der Waals surface area (Å²) >= 11 is 0. The lowest BCUT2D eigenvalue weighted by Gasteiger charge is -2.43. The number of ether oxygens (including phenoxy) is 1. The predicted molar refractivity (Wildman–Crippen MR) is 198 cm³/mol. The third kappa shape index (κ3) is 7.43. The Labute approximate surface area is 301 Å². The zero-order valence-electron chi connectivity index (χ0n) is 29.6. The molecular weight excluding hydrogens is 698 g/mol. The fourth-order valence-corrected chi connectivity index (χ4v) is 7.52. The van der Waals surface area contributed by atoms with Gasteiger partial charge in [-0.2, -0.15) is 26.6 Å². The van der Waals surface area contributed by atoms with Gasteiger partial charge in [-0.1, -0.05) is 19.6 Å². The molecule has 4 heterocycles. The average molecular weight is 741 g/mol. The van der Waals surface area contributed by atoms with Crippen LogP contribution in [0.4, 0.5) is 47.7 Å². The lowest BCUT2D eigenvalue weighted by atomic mass is 9.99. The Bertz CT molecular complexity index is 2030. The molecule has 13 nitrogen and oxygen atoms in total. The van der Waals surface area contributed by atoms with Crippen molar-refractivity contribution in [2.24, 2.45) is 0 Å². The maximum Gasteiger partial charge on any atom is 0.516 e. The topological polar surface area (TPSA) is 132 Å². The van der Waals surface area contributed by atoms with Crippen molar-refractivity contribution in [3.8, 4) is 5.75 Å². The number of nitrogens with zero attached hydrogens (tertiary/aromatic N) is 8. The zero-order chi connectivity index (χ0) is 37.2. The standard InChI is InChI=1S/C35H43F3N10O3S/c1-6-23-20-28(30(51-5)21-29(23)48-14-10-25(11-15-48)47-18-16-45(3)17-19-47)43-34-41-22-24(7-2)33(44-34)42-27-9-8-26-31(40-13-12-39-26)32(27)46(4)52(49,50)35(36,37)38/h7-9,12-13,20-22,25H,2,6,10-11,14-19H2,1,3-5H3,(H2,41,42,43,44). The van der Waals surface area contributed by atoms with E-state index in [1.807, 2.05) is 12.1 Å². The molecule has 4 aromatic rings. The first-order chi connectivity index (χ1) is 24.8. The van der Waals surface area contributed by atoms with Gasteiger partial charge in [0.05, 0.1) is 24.0 Å². The number of sulfonamides is 1. The summed E-state index contributed by atoms with van der Waals surface area (Å²) in [5.74, 6) is 0.908. The molecule has 6 rings (SSSR count). The number of benzene rings is 2. The maximum atomic E-state index is 13.7. The van der Waals surface area contributed by atoms with Crippen molar-refractivity contribution in [3.63, 3.8) is 0 Å². The smallest absolute Gasteiger partial charge is 0.494 e. The molecule has 0 spiro atoms. The van der Waals surface area contributed by atoms with E-state index in [4.69, 9.17) is 4.74 Å². The minimum Gasteiger partial charge on any atom is -0.494 e. The number of hydrogen-bond acceptors (Lipinski definition) is 12. The van der Waals surface area contributed by atoms with Gasteiger partial charge in [-0.05, 0) is 50.1 Å². The highest BCUT2D eigenvalue weighted by atomic mass is 32.2. The second-order valence-corrected chi connectivity index (χ2v) is 14.8. The zero-order valence-corrected chi connectivity index (χ0v) is 30.4. The number of hydrogen-bond donors (Lipinski definition) is 2. The second kappa shape index (κ2) is 15.1. The summed E-state index contributed by atoms with van der Waals surface area (Å²) in [7, 11) is -1.21. The summed E-state index contributed by atoms with van der Waals surface area (Å²) in [4.78, 5) is 24.8. The summed E-state index contributed by atoms with van der Waals surface area (Å²) in [6, 6.07) is 7.58. The maximum absolute atomic E-state index is 13.7. The Morgan fingerprint density at radius 1 is 1.02 bits per heavy atom. The quantitative estimate of drug-likeness (QED) is 0.198. The van der Waals surface area contributed by atoms with E-state index in [0.29, 0.717) is 23.0 Å². The molecule has 278 valence electrons. The van der Waals surface area contributed by atoms with Crippen LogP contribution in [0.25, 0.3) is 17.1 Å².